The van der Waals surface area contributed by atoms with Crippen molar-refractivity contribution in [2.24, 2.45) is 7.05 Å². The summed E-state index contributed by atoms with van der Waals surface area (Å²) in [6, 6.07) is 7.96. The van der Waals surface area contributed by atoms with Crippen molar-refractivity contribution in [1.29, 1.82) is 0 Å². The summed E-state index contributed by atoms with van der Waals surface area (Å²) in [5, 5.41) is 10.2. The van der Waals surface area contributed by atoms with E-state index in [4.69, 9.17) is 4.74 Å². The Hall–Kier alpha value is -2.83. The van der Waals surface area contributed by atoms with Crippen LogP contribution in [-0.2, 0) is 29.5 Å². The molecule has 1 aromatic heterocycles. The van der Waals surface area contributed by atoms with Gasteiger partial charge in [0.05, 0.1) is 12.1 Å². The summed E-state index contributed by atoms with van der Waals surface area (Å²) in [5.41, 5.74) is 4.02. The van der Waals surface area contributed by atoms with Gasteiger partial charge >= 0.3 is 0 Å². The van der Waals surface area contributed by atoms with E-state index in [9.17, 15) is 9.59 Å². The Kier molecular flexibility index (Phi) is 6.34. The van der Waals surface area contributed by atoms with Crippen molar-refractivity contribution >= 4 is 11.8 Å². The number of aryl methyl sites for hydroxylation is 2. The lowest BCUT2D eigenvalue weighted by atomic mass is 10.1. The van der Waals surface area contributed by atoms with Gasteiger partial charge in [-0.1, -0.05) is 12.1 Å². The average Bonchev–Trinajstić information content (AvgIpc) is 3.44. The SMILES string of the molecule is Cc1nn(C)c(C)c1CC(=O)NCCc1ccc(OCC(=O)NC2CC2)cc1. The molecular weight excluding hydrogens is 356 g/mol. The van der Waals surface area contributed by atoms with Gasteiger partial charge in [0.15, 0.2) is 6.61 Å². The number of benzene rings is 1. The standard InChI is InChI=1S/C21H28N4O3/c1-14-19(15(2)25(3)24-14)12-20(26)22-11-10-16-4-8-18(9-5-16)28-13-21(27)23-17-6-7-17/h4-5,8-9,17H,6-7,10-13H2,1-3H3,(H,22,26)(H,23,27). The third-order valence-electron chi connectivity index (χ3n) is 4.97. The molecule has 1 aliphatic rings. The third-order valence-corrected chi connectivity index (χ3v) is 4.97. The number of amides is 2. The number of nitrogens with zero attached hydrogens (tertiary/aromatic N) is 2. The highest BCUT2D eigenvalue weighted by Crippen LogP contribution is 2.18. The van der Waals surface area contributed by atoms with Crippen LogP contribution < -0.4 is 15.4 Å². The zero-order valence-corrected chi connectivity index (χ0v) is 16.7. The van der Waals surface area contributed by atoms with Crippen molar-refractivity contribution in [2.45, 2.75) is 45.6 Å². The molecule has 1 saturated carbocycles. The van der Waals surface area contributed by atoms with Crippen LogP contribution in [-0.4, -0.2) is 40.8 Å². The van der Waals surface area contributed by atoms with Crippen LogP contribution in [0.5, 0.6) is 5.75 Å². The second-order valence-corrected chi connectivity index (χ2v) is 7.32. The van der Waals surface area contributed by atoms with Gasteiger partial charge in [0, 0.05) is 30.9 Å². The monoisotopic (exact) mass is 384 g/mol. The molecule has 1 heterocycles. The van der Waals surface area contributed by atoms with Crippen molar-refractivity contribution in [2.75, 3.05) is 13.2 Å². The predicted octanol–water partition coefficient (Wildman–Crippen LogP) is 1.60. The number of nitrogens with one attached hydrogen (secondary N) is 2. The van der Waals surface area contributed by atoms with Gasteiger partial charge < -0.3 is 15.4 Å². The Balaban J connectivity index is 1.38. The first-order valence-corrected chi connectivity index (χ1v) is 9.69. The zero-order chi connectivity index (χ0) is 20.1. The van der Waals surface area contributed by atoms with E-state index >= 15 is 0 Å². The van der Waals surface area contributed by atoms with Gasteiger partial charge in [-0.3, -0.25) is 14.3 Å². The van der Waals surface area contributed by atoms with Crippen LogP contribution in [0.1, 0.15) is 35.4 Å². The topological polar surface area (TPSA) is 85.2 Å². The van der Waals surface area contributed by atoms with Crippen LogP contribution in [0.3, 0.4) is 0 Å². The fourth-order valence-corrected chi connectivity index (χ4v) is 3.04. The van der Waals surface area contributed by atoms with Crippen LogP contribution in [0, 0.1) is 13.8 Å². The molecule has 7 nitrogen and oxygen atoms in total. The van der Waals surface area contributed by atoms with Gasteiger partial charge in [0.2, 0.25) is 5.91 Å². The number of aromatic nitrogens is 2. The highest BCUT2D eigenvalue weighted by Gasteiger charge is 2.23. The van der Waals surface area contributed by atoms with E-state index in [1.54, 1.807) is 4.68 Å². The Bertz CT molecular complexity index is 838. The Labute approximate surface area is 165 Å². The van der Waals surface area contributed by atoms with Crippen LogP contribution in [0.4, 0.5) is 0 Å². The van der Waals surface area contributed by atoms with E-state index in [0.717, 1.165) is 41.8 Å². The molecule has 28 heavy (non-hydrogen) atoms. The molecule has 0 unspecified atom stereocenters. The molecule has 0 radical (unpaired) electrons. The minimum atomic E-state index is -0.0756. The smallest absolute Gasteiger partial charge is 0.258 e. The van der Waals surface area contributed by atoms with Crippen molar-refractivity contribution in [3.63, 3.8) is 0 Å². The van der Waals surface area contributed by atoms with Crippen molar-refractivity contribution < 1.29 is 14.3 Å². The molecule has 3 rings (SSSR count). The van der Waals surface area contributed by atoms with Crippen LogP contribution in [0.2, 0.25) is 0 Å². The second kappa shape index (κ2) is 8.91. The van der Waals surface area contributed by atoms with E-state index in [-0.39, 0.29) is 18.4 Å². The molecule has 1 aromatic carbocycles. The number of hydrogen-bond acceptors (Lipinski definition) is 4. The molecular formula is C21H28N4O3. The second-order valence-electron chi connectivity index (χ2n) is 7.32. The van der Waals surface area contributed by atoms with Crippen LogP contribution in [0.15, 0.2) is 24.3 Å². The molecule has 0 aliphatic heterocycles. The first-order chi connectivity index (χ1) is 13.4. The number of hydrogen-bond donors (Lipinski definition) is 2. The fraction of sp³-hybridized carbons (Fsp3) is 0.476. The molecule has 0 bridgehead atoms. The van der Waals surface area contributed by atoms with Crippen LogP contribution >= 0.6 is 0 Å². The van der Waals surface area contributed by atoms with Crippen LogP contribution in [0.25, 0.3) is 0 Å². The maximum absolute atomic E-state index is 12.2. The predicted molar refractivity (Wildman–Crippen MR) is 106 cm³/mol. The maximum atomic E-state index is 12.2. The normalized spacial score (nSPS) is 13.2. The molecule has 2 N–H and O–H groups in total. The van der Waals surface area contributed by atoms with E-state index in [2.05, 4.69) is 15.7 Å². The molecule has 7 heteroatoms. The minimum absolute atomic E-state index is 0.000767. The third kappa shape index (κ3) is 5.58. The summed E-state index contributed by atoms with van der Waals surface area (Å²) in [7, 11) is 1.89. The lowest BCUT2D eigenvalue weighted by Gasteiger charge is -2.08. The number of rotatable bonds is 9. The molecule has 1 fully saturated rings. The molecule has 0 saturated heterocycles. The quantitative estimate of drug-likeness (QED) is 0.688. The Morgan fingerprint density at radius 1 is 1.18 bits per heavy atom. The summed E-state index contributed by atoms with van der Waals surface area (Å²) in [5.74, 6) is 0.593. The molecule has 0 spiro atoms. The minimum Gasteiger partial charge on any atom is -0.484 e. The van der Waals surface area contributed by atoms with Gasteiger partial charge in [-0.15, -0.1) is 0 Å². The fourth-order valence-electron chi connectivity index (χ4n) is 3.04. The van der Waals surface area contributed by atoms with Gasteiger partial charge in [-0.05, 0) is 50.8 Å². The van der Waals surface area contributed by atoms with Crippen molar-refractivity contribution in [3.8, 4) is 5.75 Å². The van der Waals surface area contributed by atoms with Gasteiger partial charge in [0.1, 0.15) is 5.75 Å². The Morgan fingerprint density at radius 3 is 2.50 bits per heavy atom. The first-order valence-electron chi connectivity index (χ1n) is 9.69. The van der Waals surface area contributed by atoms with E-state index in [1.165, 1.54) is 0 Å². The summed E-state index contributed by atoms with van der Waals surface area (Å²) in [4.78, 5) is 23.8. The lowest BCUT2D eigenvalue weighted by molar-refractivity contribution is -0.123. The summed E-state index contributed by atoms with van der Waals surface area (Å²) < 4.78 is 7.30. The van der Waals surface area contributed by atoms with Crippen molar-refractivity contribution in [3.05, 3.63) is 46.8 Å². The summed E-state index contributed by atoms with van der Waals surface area (Å²) in [6.45, 7) is 4.51. The molecule has 1 aliphatic carbocycles. The van der Waals surface area contributed by atoms with Gasteiger partial charge in [0.25, 0.3) is 5.91 Å². The van der Waals surface area contributed by atoms with E-state index < -0.39 is 0 Å². The lowest BCUT2D eigenvalue weighted by Crippen LogP contribution is -2.30. The number of carbonyl (C=O) groups is 2. The molecule has 2 aromatic rings. The molecule has 0 atom stereocenters. The van der Waals surface area contributed by atoms with Crippen molar-refractivity contribution in [1.82, 2.24) is 20.4 Å². The average molecular weight is 384 g/mol. The van der Waals surface area contributed by atoms with Gasteiger partial charge in [-0.25, -0.2) is 0 Å². The van der Waals surface area contributed by atoms with E-state index in [0.29, 0.717) is 24.8 Å². The molecule has 150 valence electrons. The largest absolute Gasteiger partial charge is 0.484 e. The number of ether oxygens (including phenoxy) is 1. The number of carbonyl (C=O) groups excluding carboxylic acids is 2. The first kappa shape index (κ1) is 19.9. The Morgan fingerprint density at radius 2 is 1.89 bits per heavy atom. The molecule has 2 amide bonds. The van der Waals surface area contributed by atoms with Gasteiger partial charge in [-0.2, -0.15) is 5.10 Å². The summed E-state index contributed by atoms with van der Waals surface area (Å²) >= 11 is 0. The van der Waals surface area contributed by atoms with E-state index in [1.807, 2.05) is 45.2 Å². The highest BCUT2D eigenvalue weighted by molar-refractivity contribution is 5.79. The highest BCUT2D eigenvalue weighted by atomic mass is 16.5. The summed E-state index contributed by atoms with van der Waals surface area (Å²) in [6.07, 6.45) is 3.22. The maximum Gasteiger partial charge on any atom is 0.258 e. The zero-order valence-electron chi connectivity index (χ0n) is 16.7.